The number of non-ortho nitro benzene ring substituents is 1. The van der Waals surface area contributed by atoms with Crippen LogP contribution >= 0.6 is 0 Å². The number of nitriles is 1. The molecule has 9 heteroatoms. The molecule has 1 aliphatic heterocycles. The molecule has 0 fully saturated rings. The van der Waals surface area contributed by atoms with Gasteiger partial charge in [-0.2, -0.15) is 5.26 Å². The second-order valence-electron chi connectivity index (χ2n) is 7.27. The summed E-state index contributed by atoms with van der Waals surface area (Å²) in [6.45, 7) is 0. The van der Waals surface area contributed by atoms with E-state index in [0.29, 0.717) is 36.2 Å². The van der Waals surface area contributed by atoms with Crippen molar-refractivity contribution in [3.8, 4) is 11.8 Å². The van der Waals surface area contributed by atoms with Crippen LogP contribution in [0.25, 0.3) is 0 Å². The van der Waals surface area contributed by atoms with E-state index in [-0.39, 0.29) is 34.2 Å². The van der Waals surface area contributed by atoms with Gasteiger partial charge < -0.3 is 15.2 Å². The summed E-state index contributed by atoms with van der Waals surface area (Å²) in [6.07, 6.45) is 1.43. The van der Waals surface area contributed by atoms with E-state index < -0.39 is 16.8 Å². The number of carbonyl (C=O) groups excluding carboxylic acids is 2. The maximum Gasteiger partial charge on any atom is 0.343 e. The van der Waals surface area contributed by atoms with Gasteiger partial charge in [-0.15, -0.1) is 0 Å². The topological polar surface area (TPSA) is 146 Å². The molecule has 1 atom stereocenters. The second kappa shape index (κ2) is 8.35. The van der Waals surface area contributed by atoms with Gasteiger partial charge in [-0.05, 0) is 18.6 Å². The van der Waals surface area contributed by atoms with Crippen LogP contribution in [-0.2, 0) is 9.53 Å². The van der Waals surface area contributed by atoms with Gasteiger partial charge in [0.25, 0.3) is 5.69 Å². The highest BCUT2D eigenvalue weighted by Gasteiger charge is 2.39. The van der Waals surface area contributed by atoms with Crippen molar-refractivity contribution in [3.63, 3.8) is 0 Å². The quantitative estimate of drug-likeness (QED) is 0.334. The molecule has 0 saturated heterocycles. The van der Waals surface area contributed by atoms with Crippen molar-refractivity contribution in [1.29, 1.82) is 5.26 Å². The van der Waals surface area contributed by atoms with Crippen molar-refractivity contribution in [2.24, 2.45) is 5.73 Å². The number of nitrogens with two attached hydrogens (primary N) is 1. The minimum absolute atomic E-state index is 0.00908. The number of benzene rings is 2. The Kier molecular flexibility index (Phi) is 5.43. The number of para-hydroxylation sites is 1. The molecule has 2 aromatic carbocycles. The van der Waals surface area contributed by atoms with Crippen LogP contribution in [0.3, 0.4) is 0 Å². The molecule has 4 rings (SSSR count). The van der Waals surface area contributed by atoms with E-state index in [1.54, 1.807) is 18.2 Å². The number of hydrogen-bond acceptors (Lipinski definition) is 8. The third-order valence-electron chi connectivity index (χ3n) is 5.33. The first-order chi connectivity index (χ1) is 15.4. The lowest BCUT2D eigenvalue weighted by Gasteiger charge is -2.31. The zero-order valence-corrected chi connectivity index (χ0v) is 16.7. The van der Waals surface area contributed by atoms with Crippen LogP contribution in [0.15, 0.2) is 71.3 Å². The Hall–Kier alpha value is -4.45. The fourth-order valence-electron chi connectivity index (χ4n) is 3.88. The van der Waals surface area contributed by atoms with E-state index >= 15 is 0 Å². The normalized spacial score (nSPS) is 17.8. The molecule has 0 spiro atoms. The number of Topliss-reactive ketones (excluding diaryl/α,β-unsaturated/α-hetero) is 1. The van der Waals surface area contributed by atoms with Gasteiger partial charge in [-0.3, -0.25) is 14.9 Å². The molecule has 1 heterocycles. The maximum absolute atomic E-state index is 12.8. The largest absolute Gasteiger partial charge is 0.444 e. The molecule has 1 unspecified atom stereocenters. The molecule has 0 saturated carbocycles. The average Bonchev–Trinajstić information content (AvgIpc) is 2.79. The molecule has 0 amide bonds. The summed E-state index contributed by atoms with van der Waals surface area (Å²) in [5.74, 6) is -1.37. The van der Waals surface area contributed by atoms with Gasteiger partial charge in [-0.25, -0.2) is 4.79 Å². The molecule has 160 valence electrons. The van der Waals surface area contributed by atoms with E-state index in [1.807, 2.05) is 6.07 Å². The second-order valence-corrected chi connectivity index (χ2v) is 7.27. The van der Waals surface area contributed by atoms with E-state index in [1.165, 1.54) is 24.3 Å². The number of ketones is 1. The Morgan fingerprint density at radius 3 is 2.75 bits per heavy atom. The molecule has 0 bridgehead atoms. The Balaban J connectivity index is 1.76. The first-order valence-electron chi connectivity index (χ1n) is 9.80. The van der Waals surface area contributed by atoms with Gasteiger partial charge in [0, 0.05) is 36.1 Å². The van der Waals surface area contributed by atoms with Gasteiger partial charge in [-0.1, -0.05) is 24.3 Å². The fraction of sp³-hybridized carbons (Fsp3) is 0.174. The van der Waals surface area contributed by atoms with Crippen molar-refractivity contribution in [1.82, 2.24) is 0 Å². The Labute approximate surface area is 182 Å². The van der Waals surface area contributed by atoms with Gasteiger partial charge in [0.05, 0.1) is 16.4 Å². The molecular formula is C23H17N3O6. The van der Waals surface area contributed by atoms with Crippen molar-refractivity contribution >= 4 is 17.4 Å². The molecule has 9 nitrogen and oxygen atoms in total. The minimum atomic E-state index is -0.842. The number of nitro groups is 1. The van der Waals surface area contributed by atoms with Gasteiger partial charge in [0.15, 0.2) is 5.78 Å². The predicted molar refractivity (Wildman–Crippen MR) is 111 cm³/mol. The van der Waals surface area contributed by atoms with E-state index in [9.17, 15) is 25.0 Å². The van der Waals surface area contributed by atoms with Gasteiger partial charge in [0.1, 0.15) is 23.2 Å². The first-order valence-corrected chi connectivity index (χ1v) is 9.80. The number of rotatable bonds is 4. The number of hydrogen-bond donors (Lipinski definition) is 1. The van der Waals surface area contributed by atoms with E-state index in [4.69, 9.17) is 15.2 Å². The van der Waals surface area contributed by atoms with Crippen molar-refractivity contribution in [2.45, 2.75) is 25.2 Å². The number of ether oxygens (including phenoxy) is 2. The predicted octanol–water partition coefficient (Wildman–Crippen LogP) is 3.63. The molecule has 2 aliphatic rings. The van der Waals surface area contributed by atoms with Crippen molar-refractivity contribution < 1.29 is 24.0 Å². The maximum atomic E-state index is 12.8. The molecule has 2 N–H and O–H groups in total. The average molecular weight is 431 g/mol. The highest BCUT2D eigenvalue weighted by molar-refractivity contribution is 5.99. The van der Waals surface area contributed by atoms with Crippen LogP contribution < -0.4 is 10.5 Å². The highest BCUT2D eigenvalue weighted by Crippen LogP contribution is 2.45. The smallest absolute Gasteiger partial charge is 0.343 e. The number of nitro benzene ring substituents is 1. The molecule has 0 radical (unpaired) electrons. The van der Waals surface area contributed by atoms with Gasteiger partial charge in [0.2, 0.25) is 5.88 Å². The lowest BCUT2D eigenvalue weighted by atomic mass is 9.77. The van der Waals surface area contributed by atoms with Crippen LogP contribution in [0, 0.1) is 21.4 Å². The SMILES string of the molecule is N#CC1=C(N)OC2=C(C(=O)CCC2)C1c1ccccc1OC(=O)c1cccc([N+](=O)[O-])c1. The van der Waals surface area contributed by atoms with E-state index in [2.05, 4.69) is 0 Å². The Morgan fingerprint density at radius 2 is 2.00 bits per heavy atom. The molecular weight excluding hydrogens is 414 g/mol. The molecule has 2 aromatic rings. The van der Waals surface area contributed by atoms with Crippen LogP contribution in [0.5, 0.6) is 5.75 Å². The van der Waals surface area contributed by atoms with Crippen LogP contribution in [0.4, 0.5) is 5.69 Å². The minimum Gasteiger partial charge on any atom is -0.444 e. The van der Waals surface area contributed by atoms with Gasteiger partial charge >= 0.3 is 5.97 Å². The van der Waals surface area contributed by atoms with Crippen LogP contribution in [-0.4, -0.2) is 16.7 Å². The van der Waals surface area contributed by atoms with E-state index in [0.717, 1.165) is 6.07 Å². The lowest BCUT2D eigenvalue weighted by Crippen LogP contribution is -2.27. The monoisotopic (exact) mass is 431 g/mol. The first kappa shape index (κ1) is 20.8. The molecule has 1 aliphatic carbocycles. The standard InChI is InChI=1S/C23H17N3O6/c24-12-16-20(21-17(27)8-4-10-19(21)31-22(16)25)15-7-1-2-9-18(15)32-23(28)13-5-3-6-14(11-13)26(29)30/h1-3,5-7,9,11,20H,4,8,10,25H2. The molecule has 32 heavy (non-hydrogen) atoms. The zero-order chi connectivity index (χ0) is 22.8. The summed E-state index contributed by atoms with van der Waals surface area (Å²) in [5.41, 5.74) is 6.51. The summed E-state index contributed by atoms with van der Waals surface area (Å²) in [7, 11) is 0. The number of nitrogens with zero attached hydrogens (tertiary/aromatic N) is 2. The summed E-state index contributed by atoms with van der Waals surface area (Å²) in [5, 5.41) is 20.7. The highest BCUT2D eigenvalue weighted by atomic mass is 16.6. The number of esters is 1. The summed E-state index contributed by atoms with van der Waals surface area (Å²) >= 11 is 0. The van der Waals surface area contributed by atoms with Crippen LogP contribution in [0.1, 0.15) is 41.1 Å². The summed E-state index contributed by atoms with van der Waals surface area (Å²) in [4.78, 5) is 35.9. The summed E-state index contributed by atoms with van der Waals surface area (Å²) < 4.78 is 11.1. The zero-order valence-electron chi connectivity index (χ0n) is 16.7. The fourth-order valence-corrected chi connectivity index (χ4v) is 3.88. The lowest BCUT2D eigenvalue weighted by molar-refractivity contribution is -0.384. The Morgan fingerprint density at radius 1 is 1.22 bits per heavy atom. The third kappa shape index (κ3) is 3.70. The Bertz CT molecular complexity index is 1250. The van der Waals surface area contributed by atoms with Crippen LogP contribution in [0.2, 0.25) is 0 Å². The van der Waals surface area contributed by atoms with Crippen molar-refractivity contribution in [2.75, 3.05) is 0 Å². The molecule has 0 aromatic heterocycles. The number of allylic oxidation sites excluding steroid dienone is 3. The summed E-state index contributed by atoms with van der Waals surface area (Å²) in [6, 6.07) is 13.7. The van der Waals surface area contributed by atoms with Crippen molar-refractivity contribution in [3.05, 3.63) is 92.6 Å². The third-order valence-corrected chi connectivity index (χ3v) is 5.33. The number of carbonyl (C=O) groups is 2.